The first-order valence-corrected chi connectivity index (χ1v) is 12.6. The first kappa shape index (κ1) is 23.5. The van der Waals surface area contributed by atoms with Crippen LogP contribution in [0.2, 0.25) is 0 Å². The lowest BCUT2D eigenvalue weighted by Gasteiger charge is -2.21. The maximum atomic E-state index is 13.1. The van der Waals surface area contributed by atoms with Crippen LogP contribution in [0.25, 0.3) is 0 Å². The number of likely N-dealkylation sites (tertiary alicyclic amines) is 1. The number of allylic oxidation sites excluding steroid dienone is 2. The SMILES string of the molecule is O=C(Cc1ccc(Br)cc1)NC(C(=O)NCCN1C(=O)C2C3C=CC(C3)C2C1=O)c1ccccc1. The van der Waals surface area contributed by atoms with Crippen LogP contribution in [-0.4, -0.2) is 41.6 Å². The molecule has 5 unspecified atom stereocenters. The second-order valence-electron chi connectivity index (χ2n) is 9.33. The zero-order valence-corrected chi connectivity index (χ0v) is 20.6. The highest BCUT2D eigenvalue weighted by Crippen LogP contribution is 2.52. The molecule has 180 valence electrons. The molecule has 0 spiro atoms. The lowest BCUT2D eigenvalue weighted by Crippen LogP contribution is -2.44. The summed E-state index contributed by atoms with van der Waals surface area (Å²) in [6.07, 6.45) is 5.14. The van der Waals surface area contributed by atoms with Gasteiger partial charge in [-0.2, -0.15) is 0 Å². The van der Waals surface area contributed by atoms with E-state index in [1.165, 1.54) is 4.90 Å². The van der Waals surface area contributed by atoms with E-state index in [-0.39, 0.29) is 66.8 Å². The van der Waals surface area contributed by atoms with Crippen LogP contribution < -0.4 is 10.6 Å². The Bertz CT molecular complexity index is 1150. The third-order valence-electron chi connectivity index (χ3n) is 7.17. The third-order valence-corrected chi connectivity index (χ3v) is 7.70. The highest BCUT2D eigenvalue weighted by Gasteiger charge is 2.58. The van der Waals surface area contributed by atoms with Gasteiger partial charge in [0.15, 0.2) is 0 Å². The molecule has 2 aromatic rings. The molecule has 3 aliphatic rings. The minimum Gasteiger partial charge on any atom is -0.352 e. The number of carbonyl (C=O) groups excluding carboxylic acids is 4. The molecule has 2 bridgehead atoms. The van der Waals surface area contributed by atoms with Gasteiger partial charge in [-0.25, -0.2) is 0 Å². The van der Waals surface area contributed by atoms with Gasteiger partial charge in [-0.05, 0) is 41.5 Å². The summed E-state index contributed by atoms with van der Waals surface area (Å²) in [7, 11) is 0. The topological polar surface area (TPSA) is 95.6 Å². The van der Waals surface area contributed by atoms with Crippen LogP contribution in [0.3, 0.4) is 0 Å². The van der Waals surface area contributed by atoms with Crippen molar-refractivity contribution < 1.29 is 19.2 Å². The van der Waals surface area contributed by atoms with E-state index in [9.17, 15) is 19.2 Å². The molecule has 1 aliphatic heterocycles. The molecule has 5 atom stereocenters. The Kier molecular flexibility index (Phi) is 6.56. The summed E-state index contributed by atoms with van der Waals surface area (Å²) in [4.78, 5) is 52.8. The maximum Gasteiger partial charge on any atom is 0.247 e. The van der Waals surface area contributed by atoms with Crippen molar-refractivity contribution in [2.45, 2.75) is 18.9 Å². The van der Waals surface area contributed by atoms with E-state index in [1.807, 2.05) is 30.3 Å². The number of imide groups is 1. The molecule has 4 amide bonds. The minimum atomic E-state index is -0.886. The molecule has 1 saturated heterocycles. The van der Waals surface area contributed by atoms with Crippen molar-refractivity contribution in [1.29, 1.82) is 0 Å². The molecule has 1 saturated carbocycles. The summed E-state index contributed by atoms with van der Waals surface area (Å²) in [5, 5.41) is 5.63. The maximum absolute atomic E-state index is 13.1. The Hall–Kier alpha value is -3.26. The van der Waals surface area contributed by atoms with Crippen molar-refractivity contribution in [3.63, 3.8) is 0 Å². The summed E-state index contributed by atoms with van der Waals surface area (Å²) in [6, 6.07) is 15.5. The molecule has 1 heterocycles. The smallest absolute Gasteiger partial charge is 0.247 e. The first-order valence-electron chi connectivity index (χ1n) is 11.8. The average Bonchev–Trinajstić information content (AvgIpc) is 3.54. The molecule has 2 aliphatic carbocycles. The Morgan fingerprint density at radius 1 is 0.943 bits per heavy atom. The van der Waals surface area contributed by atoms with E-state index in [0.717, 1.165) is 16.5 Å². The Morgan fingerprint density at radius 3 is 2.20 bits per heavy atom. The van der Waals surface area contributed by atoms with Crippen molar-refractivity contribution in [3.05, 3.63) is 82.3 Å². The fourth-order valence-electron chi connectivity index (χ4n) is 5.52. The fraction of sp³-hybridized carbons (Fsp3) is 0.333. The molecule has 2 fully saturated rings. The van der Waals surface area contributed by atoms with E-state index in [2.05, 4.69) is 38.7 Å². The van der Waals surface area contributed by atoms with E-state index in [1.54, 1.807) is 24.3 Å². The number of halogens is 1. The molecule has 5 rings (SSSR count). The average molecular weight is 536 g/mol. The number of hydrogen-bond donors (Lipinski definition) is 2. The summed E-state index contributed by atoms with van der Waals surface area (Å²) in [5.74, 6) is -1.11. The van der Waals surface area contributed by atoms with Gasteiger partial charge in [0.05, 0.1) is 18.3 Å². The van der Waals surface area contributed by atoms with Crippen LogP contribution in [-0.2, 0) is 25.6 Å². The predicted octanol–water partition coefficient (Wildman–Crippen LogP) is 2.77. The van der Waals surface area contributed by atoms with Crippen molar-refractivity contribution in [2.75, 3.05) is 13.1 Å². The molecule has 0 radical (unpaired) electrons. The van der Waals surface area contributed by atoms with E-state index in [0.29, 0.717) is 5.56 Å². The minimum absolute atomic E-state index is 0.129. The summed E-state index contributed by atoms with van der Waals surface area (Å²) >= 11 is 3.38. The zero-order valence-electron chi connectivity index (χ0n) is 19.0. The van der Waals surface area contributed by atoms with Crippen molar-refractivity contribution in [3.8, 4) is 0 Å². The van der Waals surface area contributed by atoms with Gasteiger partial charge in [0.1, 0.15) is 6.04 Å². The zero-order chi connectivity index (χ0) is 24.5. The highest BCUT2D eigenvalue weighted by molar-refractivity contribution is 9.10. The van der Waals surface area contributed by atoms with Crippen LogP contribution in [0.15, 0.2) is 71.2 Å². The number of hydrogen-bond acceptors (Lipinski definition) is 4. The molecule has 8 heteroatoms. The number of carbonyl (C=O) groups is 4. The van der Waals surface area contributed by atoms with Crippen LogP contribution in [0.5, 0.6) is 0 Å². The molecule has 2 N–H and O–H groups in total. The number of fused-ring (bicyclic) bond motifs is 5. The number of nitrogens with zero attached hydrogens (tertiary/aromatic N) is 1. The molecule has 2 aromatic carbocycles. The summed E-state index contributed by atoms with van der Waals surface area (Å²) < 4.78 is 0.922. The second kappa shape index (κ2) is 9.77. The van der Waals surface area contributed by atoms with Crippen molar-refractivity contribution in [1.82, 2.24) is 15.5 Å². The predicted molar refractivity (Wildman–Crippen MR) is 133 cm³/mol. The normalized spacial score (nSPS) is 25.0. The van der Waals surface area contributed by atoms with Gasteiger partial charge in [-0.1, -0.05) is 70.5 Å². The van der Waals surface area contributed by atoms with Crippen LogP contribution in [0.4, 0.5) is 0 Å². The standard InChI is InChI=1S/C27H26BrN3O4/c28-20-10-6-16(7-11-20)14-21(32)30-24(17-4-2-1-3-5-17)25(33)29-12-13-31-26(34)22-18-8-9-19(15-18)23(22)27(31)35/h1-11,18-19,22-24H,12-15H2,(H,29,33)(H,30,32). The molecular formula is C27H26BrN3O4. The Morgan fingerprint density at radius 2 is 1.57 bits per heavy atom. The van der Waals surface area contributed by atoms with E-state index >= 15 is 0 Å². The van der Waals surface area contributed by atoms with Gasteiger partial charge < -0.3 is 10.6 Å². The van der Waals surface area contributed by atoms with Crippen molar-refractivity contribution >= 4 is 39.6 Å². The van der Waals surface area contributed by atoms with Gasteiger partial charge in [0, 0.05) is 17.6 Å². The summed E-state index contributed by atoms with van der Waals surface area (Å²) in [5.41, 5.74) is 1.48. The third kappa shape index (κ3) is 4.67. The molecule has 35 heavy (non-hydrogen) atoms. The van der Waals surface area contributed by atoms with Crippen LogP contribution >= 0.6 is 15.9 Å². The van der Waals surface area contributed by atoms with Gasteiger partial charge >= 0.3 is 0 Å². The molecule has 7 nitrogen and oxygen atoms in total. The largest absolute Gasteiger partial charge is 0.352 e. The van der Waals surface area contributed by atoms with Crippen LogP contribution in [0, 0.1) is 23.7 Å². The number of benzene rings is 2. The van der Waals surface area contributed by atoms with Crippen LogP contribution in [0.1, 0.15) is 23.6 Å². The fourth-order valence-corrected chi connectivity index (χ4v) is 5.79. The first-order chi connectivity index (χ1) is 16.9. The van der Waals surface area contributed by atoms with E-state index in [4.69, 9.17) is 0 Å². The highest BCUT2D eigenvalue weighted by atomic mass is 79.9. The van der Waals surface area contributed by atoms with Crippen molar-refractivity contribution in [2.24, 2.45) is 23.7 Å². The number of nitrogens with one attached hydrogen (secondary N) is 2. The van der Waals surface area contributed by atoms with E-state index < -0.39 is 6.04 Å². The Balaban J connectivity index is 1.20. The van der Waals surface area contributed by atoms with Gasteiger partial charge in [-0.3, -0.25) is 24.1 Å². The lowest BCUT2D eigenvalue weighted by molar-refractivity contribution is -0.141. The van der Waals surface area contributed by atoms with Gasteiger partial charge in [0.25, 0.3) is 0 Å². The summed E-state index contributed by atoms with van der Waals surface area (Å²) in [6.45, 7) is 0.259. The Labute approximate surface area is 212 Å². The lowest BCUT2D eigenvalue weighted by atomic mass is 9.85. The second-order valence-corrected chi connectivity index (χ2v) is 10.2. The van der Waals surface area contributed by atoms with Gasteiger partial charge in [0.2, 0.25) is 23.6 Å². The quantitative estimate of drug-likeness (QED) is 0.401. The molecule has 0 aromatic heterocycles. The number of rotatable bonds is 8. The van der Waals surface area contributed by atoms with Gasteiger partial charge in [-0.15, -0.1) is 0 Å². The molecular weight excluding hydrogens is 510 g/mol. The monoisotopic (exact) mass is 535 g/mol. The number of amides is 4.